The van der Waals surface area contributed by atoms with Crippen LogP contribution in [-0.4, -0.2) is 35.4 Å². The van der Waals surface area contributed by atoms with Gasteiger partial charge >= 0.3 is 5.97 Å². The van der Waals surface area contributed by atoms with Crippen molar-refractivity contribution in [2.45, 2.75) is 6.92 Å². The van der Waals surface area contributed by atoms with Crippen LogP contribution in [0.3, 0.4) is 0 Å². The van der Waals surface area contributed by atoms with Crippen LogP contribution < -0.4 is 5.32 Å². The predicted molar refractivity (Wildman–Crippen MR) is 148 cm³/mol. The van der Waals surface area contributed by atoms with Gasteiger partial charge in [0.2, 0.25) is 0 Å². The number of carboxylic acid groups (broad SMARTS) is 1. The zero-order valence-electron chi connectivity index (χ0n) is 19.3. The van der Waals surface area contributed by atoms with Crippen molar-refractivity contribution in [3.63, 3.8) is 0 Å². The van der Waals surface area contributed by atoms with E-state index in [9.17, 15) is 14.7 Å². The molecule has 7 nitrogen and oxygen atoms in total. The molecule has 0 atom stereocenters. The van der Waals surface area contributed by atoms with Gasteiger partial charge in [-0.1, -0.05) is 46.3 Å². The number of aromatic carboxylic acids is 1. The Labute approximate surface area is 216 Å². The predicted octanol–water partition coefficient (Wildman–Crippen LogP) is 6.62. The number of fused-ring (bicyclic) bond motifs is 1. The molecule has 0 fully saturated rings. The third-order valence-electron chi connectivity index (χ3n) is 5.64. The lowest BCUT2D eigenvalue weighted by atomic mass is 9.97. The lowest BCUT2D eigenvalue weighted by Gasteiger charge is -2.17. The van der Waals surface area contributed by atoms with E-state index >= 15 is 0 Å². The third-order valence-corrected chi connectivity index (χ3v) is 6.13. The van der Waals surface area contributed by atoms with Gasteiger partial charge in [0.25, 0.3) is 5.91 Å². The first-order chi connectivity index (χ1) is 17.3. The van der Waals surface area contributed by atoms with Crippen LogP contribution >= 0.6 is 15.9 Å². The highest BCUT2D eigenvalue weighted by molar-refractivity contribution is 9.10. The molecular weight excluding hydrogens is 520 g/mol. The molecule has 4 rings (SSSR count). The first-order valence-corrected chi connectivity index (χ1v) is 11.6. The van der Waals surface area contributed by atoms with Crippen molar-refractivity contribution in [1.29, 1.82) is 0 Å². The maximum absolute atomic E-state index is 13.8. The Hall–Kier alpha value is -4.43. The van der Waals surface area contributed by atoms with E-state index in [1.165, 1.54) is 24.4 Å². The Kier molecular flexibility index (Phi) is 7.17. The van der Waals surface area contributed by atoms with Crippen molar-refractivity contribution in [2.24, 2.45) is 9.98 Å². The van der Waals surface area contributed by atoms with Gasteiger partial charge in [0.15, 0.2) is 0 Å². The average molecular weight is 541 g/mol. The van der Waals surface area contributed by atoms with Gasteiger partial charge in [-0.05, 0) is 62.3 Å². The quantitative estimate of drug-likeness (QED) is 0.257. The number of carbonyl (C=O) groups is 2. The highest BCUT2D eigenvalue weighted by Crippen LogP contribution is 2.33. The number of benzene rings is 3. The smallest absolute Gasteiger partial charge is 0.335 e. The first kappa shape index (κ1) is 24.7. The summed E-state index contributed by atoms with van der Waals surface area (Å²) in [4.78, 5) is 37.9. The van der Waals surface area contributed by atoms with Crippen molar-refractivity contribution in [3.05, 3.63) is 99.7 Å². The maximum atomic E-state index is 13.8. The summed E-state index contributed by atoms with van der Waals surface area (Å²) >= 11 is 3.49. The topological polar surface area (TPSA) is 104 Å². The SMILES string of the molecule is C=N/C=C(\N=C)c1cc(C(=O)O)ccc1NC(=O)c1c(C)c(-c2ccccc2)nc2ccc(Br)cc12. The molecule has 0 saturated carbocycles. The molecule has 3 aromatic carbocycles. The van der Waals surface area contributed by atoms with E-state index in [4.69, 9.17) is 4.98 Å². The van der Waals surface area contributed by atoms with Gasteiger partial charge < -0.3 is 10.4 Å². The van der Waals surface area contributed by atoms with Crippen LogP contribution in [0.4, 0.5) is 5.69 Å². The van der Waals surface area contributed by atoms with Crippen molar-refractivity contribution < 1.29 is 14.7 Å². The molecule has 178 valence electrons. The second-order valence-corrected chi connectivity index (χ2v) is 8.78. The highest BCUT2D eigenvalue weighted by atomic mass is 79.9. The fourth-order valence-corrected chi connectivity index (χ4v) is 4.33. The van der Waals surface area contributed by atoms with E-state index < -0.39 is 5.97 Å². The van der Waals surface area contributed by atoms with Crippen LogP contribution in [0, 0.1) is 6.92 Å². The van der Waals surface area contributed by atoms with E-state index in [2.05, 4.69) is 44.7 Å². The Bertz CT molecular complexity index is 1560. The summed E-state index contributed by atoms with van der Waals surface area (Å²) in [5, 5.41) is 13.1. The Morgan fingerprint density at radius 3 is 2.47 bits per heavy atom. The number of anilines is 1. The molecule has 0 unspecified atom stereocenters. The number of carboxylic acids is 1. The summed E-state index contributed by atoms with van der Waals surface area (Å²) in [6, 6.07) is 19.6. The standard InChI is InChI=1S/C28H21BrN4O3/c1-16-25(21-14-19(29)10-12-23(21)32-26(16)17-7-5-4-6-8-17)27(34)33-22-11-9-18(28(35)36)13-20(22)24(31-3)15-30-2/h4-15H,2-3H2,1H3,(H,33,34)(H,35,36)/b24-15-. The van der Waals surface area contributed by atoms with E-state index in [1.807, 2.05) is 55.5 Å². The summed E-state index contributed by atoms with van der Waals surface area (Å²) in [6.45, 7) is 8.83. The molecular formula is C28H21BrN4O3. The normalized spacial score (nSPS) is 11.2. The summed E-state index contributed by atoms with van der Waals surface area (Å²) in [7, 11) is 0. The van der Waals surface area contributed by atoms with Crippen molar-refractivity contribution in [2.75, 3.05) is 5.32 Å². The average Bonchev–Trinajstić information content (AvgIpc) is 2.87. The number of aliphatic imine (C=N–C) groups is 2. The van der Waals surface area contributed by atoms with Gasteiger partial charge in [0.1, 0.15) is 0 Å². The summed E-state index contributed by atoms with van der Waals surface area (Å²) in [5.74, 6) is -1.49. The van der Waals surface area contributed by atoms with Crippen LogP contribution in [-0.2, 0) is 0 Å². The number of carbonyl (C=O) groups excluding carboxylic acids is 1. The molecule has 0 radical (unpaired) electrons. The van der Waals surface area contributed by atoms with Crippen LogP contribution in [0.15, 0.2) is 87.4 Å². The number of hydrogen-bond donors (Lipinski definition) is 2. The minimum absolute atomic E-state index is 0.0300. The molecule has 0 aliphatic rings. The summed E-state index contributed by atoms with van der Waals surface area (Å²) in [6.07, 6.45) is 1.35. The van der Waals surface area contributed by atoms with Gasteiger partial charge in [-0.25, -0.2) is 9.78 Å². The van der Waals surface area contributed by atoms with E-state index in [0.29, 0.717) is 39.0 Å². The molecule has 1 aromatic heterocycles. The molecule has 4 aromatic rings. The Morgan fingerprint density at radius 2 is 1.81 bits per heavy atom. The van der Waals surface area contributed by atoms with E-state index in [-0.39, 0.29) is 17.2 Å². The molecule has 2 N–H and O–H groups in total. The number of aromatic nitrogens is 1. The number of nitrogens with one attached hydrogen (secondary N) is 1. The summed E-state index contributed by atoms with van der Waals surface area (Å²) in [5.41, 5.74) is 4.41. The van der Waals surface area contributed by atoms with Crippen LogP contribution in [0.5, 0.6) is 0 Å². The molecule has 0 saturated heterocycles. The molecule has 36 heavy (non-hydrogen) atoms. The van der Waals surface area contributed by atoms with E-state index in [1.54, 1.807) is 0 Å². The zero-order chi connectivity index (χ0) is 25.8. The number of rotatable bonds is 7. The number of hydrogen-bond acceptors (Lipinski definition) is 5. The highest BCUT2D eigenvalue weighted by Gasteiger charge is 2.21. The van der Waals surface area contributed by atoms with Crippen LogP contribution in [0.1, 0.15) is 31.8 Å². The zero-order valence-corrected chi connectivity index (χ0v) is 20.9. The second kappa shape index (κ2) is 10.5. The Morgan fingerprint density at radius 1 is 1.06 bits per heavy atom. The first-order valence-electron chi connectivity index (χ1n) is 10.8. The van der Waals surface area contributed by atoms with Gasteiger partial charge in [-0.3, -0.25) is 14.8 Å². The van der Waals surface area contributed by atoms with Gasteiger partial charge in [-0.2, -0.15) is 0 Å². The number of nitrogens with zero attached hydrogens (tertiary/aromatic N) is 3. The number of halogens is 1. The summed E-state index contributed by atoms with van der Waals surface area (Å²) < 4.78 is 0.808. The van der Waals surface area contributed by atoms with Crippen molar-refractivity contribution >= 4 is 63.5 Å². The molecule has 1 heterocycles. The van der Waals surface area contributed by atoms with Gasteiger partial charge in [0.05, 0.1) is 39.9 Å². The monoisotopic (exact) mass is 540 g/mol. The molecule has 8 heteroatoms. The minimum Gasteiger partial charge on any atom is -0.478 e. The fraction of sp³-hybridized carbons (Fsp3) is 0.0357. The minimum atomic E-state index is -1.11. The largest absolute Gasteiger partial charge is 0.478 e. The molecule has 1 amide bonds. The second-order valence-electron chi connectivity index (χ2n) is 7.86. The Balaban J connectivity index is 1.90. The fourth-order valence-electron chi connectivity index (χ4n) is 3.97. The lowest BCUT2D eigenvalue weighted by molar-refractivity contribution is 0.0696. The molecule has 0 bridgehead atoms. The molecule has 0 aliphatic carbocycles. The molecule has 0 spiro atoms. The number of amides is 1. The number of pyridine rings is 1. The molecule has 0 aliphatic heterocycles. The van der Waals surface area contributed by atoms with E-state index in [0.717, 1.165) is 10.0 Å². The van der Waals surface area contributed by atoms with Crippen molar-refractivity contribution in [3.8, 4) is 11.3 Å². The van der Waals surface area contributed by atoms with Crippen molar-refractivity contribution in [1.82, 2.24) is 4.98 Å². The lowest BCUT2D eigenvalue weighted by Crippen LogP contribution is -2.16. The van der Waals surface area contributed by atoms with Gasteiger partial charge in [-0.15, -0.1) is 0 Å². The van der Waals surface area contributed by atoms with Gasteiger partial charge in [0, 0.05) is 21.0 Å². The maximum Gasteiger partial charge on any atom is 0.335 e. The van der Waals surface area contributed by atoms with Crippen LogP contribution in [0.25, 0.3) is 27.9 Å². The third kappa shape index (κ3) is 4.85. The van der Waals surface area contributed by atoms with Crippen LogP contribution in [0.2, 0.25) is 0 Å².